The van der Waals surface area contributed by atoms with E-state index in [1.807, 2.05) is 56.3 Å². The molecule has 0 radical (unpaired) electrons. The Hall–Kier alpha value is -1.85. The lowest BCUT2D eigenvalue weighted by molar-refractivity contribution is 0.0931. The molecule has 3 nitrogen and oxygen atoms in total. The predicted octanol–water partition coefficient (Wildman–Crippen LogP) is 5.53. The number of fused-ring (bicyclic) bond motifs is 1. The molecule has 0 aliphatic carbocycles. The summed E-state index contributed by atoms with van der Waals surface area (Å²) in [4.78, 5) is 12.8. The van der Waals surface area contributed by atoms with Crippen LogP contribution in [0.1, 0.15) is 35.9 Å². The van der Waals surface area contributed by atoms with Crippen molar-refractivity contribution in [2.45, 2.75) is 26.4 Å². The smallest absolute Gasteiger partial charge is 0.268 e. The summed E-state index contributed by atoms with van der Waals surface area (Å²) >= 11 is 5.24. The van der Waals surface area contributed by atoms with E-state index in [4.69, 9.17) is 0 Å². The van der Waals surface area contributed by atoms with Crippen molar-refractivity contribution in [1.82, 2.24) is 9.88 Å². The molecular formula is C19H19BrN2OS. The van der Waals surface area contributed by atoms with Crippen LogP contribution in [0.2, 0.25) is 0 Å². The van der Waals surface area contributed by atoms with Crippen molar-refractivity contribution in [3.63, 3.8) is 0 Å². The van der Waals surface area contributed by atoms with Crippen molar-refractivity contribution in [2.75, 3.05) is 0 Å². The maximum Gasteiger partial charge on any atom is 0.268 e. The third-order valence-corrected chi connectivity index (χ3v) is 5.81. The van der Waals surface area contributed by atoms with Crippen LogP contribution >= 0.6 is 27.3 Å². The maximum absolute atomic E-state index is 12.8. The molecule has 0 spiro atoms. The average Bonchev–Trinajstić information content (AvgIpc) is 3.14. The lowest BCUT2D eigenvalue weighted by atomic mass is 10.1. The van der Waals surface area contributed by atoms with Gasteiger partial charge in [-0.3, -0.25) is 4.79 Å². The Kier molecular flexibility index (Phi) is 5.21. The van der Waals surface area contributed by atoms with E-state index >= 15 is 0 Å². The summed E-state index contributed by atoms with van der Waals surface area (Å²) in [5.74, 6) is -0.0499. The molecule has 24 heavy (non-hydrogen) atoms. The fourth-order valence-electron chi connectivity index (χ4n) is 2.72. The Morgan fingerprint density at radius 3 is 2.83 bits per heavy atom. The molecule has 1 atom stereocenters. The number of nitrogens with zero attached hydrogens (tertiary/aromatic N) is 1. The largest absolute Gasteiger partial charge is 0.344 e. The number of carbonyl (C=O) groups is 1. The quantitative estimate of drug-likeness (QED) is 0.559. The van der Waals surface area contributed by atoms with Gasteiger partial charge in [0.15, 0.2) is 0 Å². The van der Waals surface area contributed by atoms with E-state index in [0.717, 1.165) is 20.3 Å². The molecule has 3 aromatic rings. The fourth-order valence-corrected chi connectivity index (χ4v) is 4.41. The molecule has 1 amide bonds. The van der Waals surface area contributed by atoms with E-state index < -0.39 is 0 Å². The van der Waals surface area contributed by atoms with Gasteiger partial charge in [-0.1, -0.05) is 42.5 Å². The van der Waals surface area contributed by atoms with E-state index in [1.165, 1.54) is 0 Å². The fraction of sp³-hybridized carbons (Fsp3) is 0.211. The Bertz CT molecular complexity index is 880. The van der Waals surface area contributed by atoms with Crippen LogP contribution in [0.5, 0.6) is 0 Å². The van der Waals surface area contributed by atoms with Crippen LogP contribution in [-0.4, -0.2) is 10.5 Å². The summed E-state index contributed by atoms with van der Waals surface area (Å²) in [6.07, 6.45) is 4.06. The standard InChI is InChI=1S/C19H19BrN2OS/c1-3-4-10-22-16(11-17-18(22)15(20)12-24-17)19(23)21-13(2)14-8-6-5-7-9-14/h3-9,11-13H,10H2,1-2H3,(H,21,23)/b4-3+/t13-/m1/s1. The molecule has 1 N–H and O–H groups in total. The highest BCUT2D eigenvalue weighted by atomic mass is 79.9. The maximum atomic E-state index is 12.8. The number of benzene rings is 1. The van der Waals surface area contributed by atoms with Crippen LogP contribution in [0.3, 0.4) is 0 Å². The van der Waals surface area contributed by atoms with Crippen molar-refractivity contribution in [2.24, 2.45) is 0 Å². The van der Waals surface area contributed by atoms with Crippen LogP contribution in [-0.2, 0) is 6.54 Å². The van der Waals surface area contributed by atoms with Crippen LogP contribution < -0.4 is 5.32 Å². The van der Waals surface area contributed by atoms with Gasteiger partial charge in [-0.05, 0) is 41.4 Å². The Labute approximate surface area is 154 Å². The minimum Gasteiger partial charge on any atom is -0.344 e. The van der Waals surface area contributed by atoms with Gasteiger partial charge < -0.3 is 9.88 Å². The Morgan fingerprint density at radius 1 is 1.38 bits per heavy atom. The molecule has 0 saturated heterocycles. The molecule has 124 valence electrons. The van der Waals surface area contributed by atoms with Crippen molar-refractivity contribution in [3.8, 4) is 0 Å². The molecule has 1 aromatic carbocycles. The molecule has 5 heteroatoms. The van der Waals surface area contributed by atoms with Crippen LogP contribution in [0.15, 0.2) is 58.4 Å². The summed E-state index contributed by atoms with van der Waals surface area (Å²) < 4.78 is 4.20. The van der Waals surface area contributed by atoms with Crippen LogP contribution in [0.4, 0.5) is 0 Å². The molecule has 0 unspecified atom stereocenters. The van der Waals surface area contributed by atoms with Crippen LogP contribution in [0.25, 0.3) is 10.2 Å². The first-order valence-electron chi connectivity index (χ1n) is 7.85. The number of hydrogen-bond acceptors (Lipinski definition) is 2. The lowest BCUT2D eigenvalue weighted by Crippen LogP contribution is -2.28. The van der Waals surface area contributed by atoms with E-state index in [9.17, 15) is 4.79 Å². The van der Waals surface area contributed by atoms with Crippen molar-refractivity contribution >= 4 is 43.4 Å². The van der Waals surface area contributed by atoms with Crippen molar-refractivity contribution in [1.29, 1.82) is 0 Å². The van der Waals surface area contributed by atoms with Gasteiger partial charge in [0.25, 0.3) is 5.91 Å². The second kappa shape index (κ2) is 7.36. The first kappa shape index (κ1) is 17.0. The number of allylic oxidation sites excluding steroid dienone is 2. The molecule has 0 aliphatic rings. The monoisotopic (exact) mass is 402 g/mol. The minimum absolute atomic E-state index is 0.0368. The van der Waals surface area contributed by atoms with Gasteiger partial charge >= 0.3 is 0 Å². The van der Waals surface area contributed by atoms with E-state index in [1.54, 1.807) is 11.3 Å². The highest BCUT2D eigenvalue weighted by Gasteiger charge is 2.19. The molecule has 2 heterocycles. The topological polar surface area (TPSA) is 34.0 Å². The Balaban J connectivity index is 1.91. The number of nitrogens with one attached hydrogen (secondary N) is 1. The number of aromatic nitrogens is 1. The van der Waals surface area contributed by atoms with E-state index in [2.05, 4.69) is 37.3 Å². The number of halogens is 1. The third kappa shape index (κ3) is 3.32. The average molecular weight is 403 g/mol. The first-order valence-corrected chi connectivity index (χ1v) is 9.52. The lowest BCUT2D eigenvalue weighted by Gasteiger charge is -2.15. The summed E-state index contributed by atoms with van der Waals surface area (Å²) in [7, 11) is 0. The van der Waals surface area contributed by atoms with Gasteiger partial charge in [0.2, 0.25) is 0 Å². The van der Waals surface area contributed by atoms with Gasteiger partial charge in [-0.2, -0.15) is 0 Å². The number of carbonyl (C=O) groups excluding carboxylic acids is 1. The van der Waals surface area contributed by atoms with Crippen molar-refractivity contribution < 1.29 is 4.79 Å². The molecule has 2 aromatic heterocycles. The number of thiophene rings is 1. The molecular weight excluding hydrogens is 384 g/mol. The van der Waals surface area contributed by atoms with Crippen molar-refractivity contribution in [3.05, 3.63) is 69.7 Å². The molecule has 0 fully saturated rings. The Morgan fingerprint density at radius 2 is 2.12 bits per heavy atom. The SMILES string of the molecule is C/C=C/Cn1c(C(=O)N[C@H](C)c2ccccc2)cc2scc(Br)c21. The highest BCUT2D eigenvalue weighted by Crippen LogP contribution is 2.33. The molecule has 0 bridgehead atoms. The van der Waals surface area contributed by atoms with Gasteiger partial charge in [0.05, 0.1) is 20.7 Å². The summed E-state index contributed by atoms with van der Waals surface area (Å²) in [6, 6.07) is 11.9. The summed E-state index contributed by atoms with van der Waals surface area (Å²) in [6.45, 7) is 4.67. The second-order valence-corrected chi connectivity index (χ2v) is 7.38. The van der Waals surface area contributed by atoms with Gasteiger partial charge in [0.1, 0.15) is 5.69 Å². The summed E-state index contributed by atoms with van der Waals surface area (Å²) in [5, 5.41) is 5.17. The predicted molar refractivity (Wildman–Crippen MR) is 105 cm³/mol. The number of hydrogen-bond donors (Lipinski definition) is 1. The highest BCUT2D eigenvalue weighted by molar-refractivity contribution is 9.10. The zero-order valence-corrected chi connectivity index (χ0v) is 16.0. The van der Waals surface area contributed by atoms with E-state index in [0.29, 0.717) is 12.2 Å². The molecule has 0 aliphatic heterocycles. The normalized spacial score (nSPS) is 12.8. The number of rotatable bonds is 5. The zero-order chi connectivity index (χ0) is 17.1. The number of amides is 1. The van der Waals surface area contributed by atoms with E-state index in [-0.39, 0.29) is 11.9 Å². The molecule has 3 rings (SSSR count). The molecule has 0 saturated carbocycles. The second-order valence-electron chi connectivity index (χ2n) is 5.61. The zero-order valence-electron chi connectivity index (χ0n) is 13.6. The minimum atomic E-state index is -0.0499. The van der Waals surface area contributed by atoms with Gasteiger partial charge in [0, 0.05) is 11.9 Å². The summed E-state index contributed by atoms with van der Waals surface area (Å²) in [5.41, 5.74) is 2.87. The van der Waals surface area contributed by atoms with Crippen LogP contribution in [0, 0.1) is 0 Å². The van der Waals surface area contributed by atoms with Gasteiger partial charge in [-0.15, -0.1) is 11.3 Å². The third-order valence-electron chi connectivity index (χ3n) is 3.98. The first-order chi connectivity index (χ1) is 11.6. The van der Waals surface area contributed by atoms with Gasteiger partial charge in [-0.25, -0.2) is 0 Å².